The molecule has 0 aliphatic rings. The molecule has 0 saturated heterocycles. The van der Waals surface area contributed by atoms with E-state index in [1.54, 1.807) is 0 Å². The van der Waals surface area contributed by atoms with E-state index in [0.717, 1.165) is 0 Å². The van der Waals surface area contributed by atoms with Crippen LogP contribution in [0, 0.1) is 0 Å². The van der Waals surface area contributed by atoms with Crippen molar-refractivity contribution in [2.75, 3.05) is 0 Å². The molecule has 0 heterocycles. The van der Waals surface area contributed by atoms with Crippen LogP contribution in [0.1, 0.15) is 12.8 Å². The Morgan fingerprint density at radius 2 is 0.889 bits per heavy atom. The first kappa shape index (κ1) is 26.6. The maximum absolute atomic E-state index is 13.3. The van der Waals surface area contributed by atoms with Gasteiger partial charge in [-0.1, -0.05) is 22.6 Å². The SMILES string of the molecule is OC(CC(I)CC(F)(F)C(F)(F)C(F)(F)C(F)(F)F)(C(F)(F)F)C(F)(F)F. The second kappa shape index (κ2) is 7.16. The molecule has 17 heteroatoms. The molecule has 1 nitrogen and oxygen atoms in total. The largest absolute Gasteiger partial charge is 0.460 e. The summed E-state index contributed by atoms with van der Waals surface area (Å²) in [5.74, 6) is -20.9. The summed E-state index contributed by atoms with van der Waals surface area (Å²) < 4.78 is 185. The first-order valence-corrected chi connectivity index (χ1v) is 7.30. The Bertz CT molecular complexity index is 502. The van der Waals surface area contributed by atoms with Gasteiger partial charge in [-0.15, -0.1) is 0 Å². The van der Waals surface area contributed by atoms with Crippen LogP contribution in [0.2, 0.25) is 0 Å². The summed E-state index contributed by atoms with van der Waals surface area (Å²) in [6.07, 6.45) is -26.0. The summed E-state index contributed by atoms with van der Waals surface area (Å²) >= 11 is 0.262. The fraction of sp³-hybridized carbons (Fsp3) is 1.00. The molecule has 27 heavy (non-hydrogen) atoms. The minimum absolute atomic E-state index is 0.262. The third kappa shape index (κ3) is 4.80. The molecule has 1 atom stereocenters. The molecule has 0 aliphatic carbocycles. The van der Waals surface area contributed by atoms with Gasteiger partial charge < -0.3 is 5.11 Å². The van der Waals surface area contributed by atoms with Gasteiger partial charge in [-0.25, -0.2) is 0 Å². The fourth-order valence-corrected chi connectivity index (χ4v) is 2.79. The van der Waals surface area contributed by atoms with Crippen LogP contribution in [0.5, 0.6) is 0 Å². The Hall–Kier alpha value is -0.360. The number of rotatable bonds is 6. The van der Waals surface area contributed by atoms with Gasteiger partial charge in [-0.3, -0.25) is 0 Å². The maximum atomic E-state index is 13.3. The molecular weight excluding hydrogens is 548 g/mol. The minimum atomic E-state index is -7.34. The van der Waals surface area contributed by atoms with Gasteiger partial charge >= 0.3 is 36.3 Å². The van der Waals surface area contributed by atoms with E-state index < -0.39 is 58.7 Å². The first-order chi connectivity index (χ1) is 11.4. The van der Waals surface area contributed by atoms with Crippen LogP contribution in [0.4, 0.5) is 65.9 Å². The van der Waals surface area contributed by atoms with E-state index in [-0.39, 0.29) is 22.6 Å². The zero-order valence-corrected chi connectivity index (χ0v) is 14.1. The van der Waals surface area contributed by atoms with Crippen molar-refractivity contribution in [3.8, 4) is 0 Å². The second-order valence-electron chi connectivity index (χ2n) is 5.21. The zero-order valence-electron chi connectivity index (χ0n) is 12.0. The van der Waals surface area contributed by atoms with Gasteiger partial charge in [0.05, 0.1) is 0 Å². The molecule has 0 radical (unpaired) electrons. The van der Waals surface area contributed by atoms with Gasteiger partial charge in [0.2, 0.25) is 0 Å². The van der Waals surface area contributed by atoms with Crippen LogP contribution in [0.25, 0.3) is 0 Å². The molecule has 164 valence electrons. The van der Waals surface area contributed by atoms with Crippen LogP contribution >= 0.6 is 22.6 Å². The second-order valence-corrected chi connectivity index (χ2v) is 6.97. The molecule has 0 spiro atoms. The topological polar surface area (TPSA) is 20.2 Å². The summed E-state index contributed by atoms with van der Waals surface area (Å²) in [5, 5.41) is 8.73. The maximum Gasteiger partial charge on any atom is 0.460 e. The van der Waals surface area contributed by atoms with E-state index in [4.69, 9.17) is 5.11 Å². The van der Waals surface area contributed by atoms with E-state index in [1.165, 1.54) is 0 Å². The van der Waals surface area contributed by atoms with Gasteiger partial charge in [0, 0.05) is 16.8 Å². The predicted octanol–water partition coefficient (Wildman–Crippen LogP) is 5.89. The van der Waals surface area contributed by atoms with Gasteiger partial charge in [0.25, 0.3) is 5.60 Å². The molecule has 0 bridgehead atoms. The quantitative estimate of drug-likeness (QED) is 0.247. The normalized spacial score (nSPS) is 17.2. The number of hydrogen-bond acceptors (Lipinski definition) is 1. The third-order valence-electron chi connectivity index (χ3n) is 3.14. The lowest BCUT2D eigenvalue weighted by molar-refractivity contribution is -0.397. The molecule has 0 aliphatic heterocycles. The lowest BCUT2D eigenvalue weighted by Gasteiger charge is -2.37. The molecule has 0 aromatic heterocycles. The molecule has 0 saturated carbocycles. The molecular formula is C10H6F15IO. The standard InChI is InChI=1S/C10H6F15IO/c11-5(12,6(13,14)7(15,16)10(23,24)25)2-3(26)1-4(27,8(17,18)19)9(20,21)22/h3,27H,1-2H2. The number of alkyl halides is 16. The molecule has 1 unspecified atom stereocenters. The molecule has 0 aromatic rings. The molecule has 0 fully saturated rings. The van der Waals surface area contributed by atoms with E-state index in [0.29, 0.717) is 0 Å². The van der Waals surface area contributed by atoms with Crippen molar-refractivity contribution >= 4 is 22.6 Å². The Morgan fingerprint density at radius 3 is 1.15 bits per heavy atom. The summed E-state index contributed by atoms with van der Waals surface area (Å²) in [6, 6.07) is 0. The zero-order chi connectivity index (χ0) is 22.5. The van der Waals surface area contributed by atoms with Gasteiger partial charge in [0.1, 0.15) is 0 Å². The van der Waals surface area contributed by atoms with Crippen molar-refractivity contribution in [3.05, 3.63) is 0 Å². The highest BCUT2D eigenvalue weighted by molar-refractivity contribution is 14.1. The molecule has 0 aromatic carbocycles. The Labute approximate surface area is 153 Å². The molecule has 0 rings (SSSR count). The number of hydrogen-bond donors (Lipinski definition) is 1. The highest BCUT2D eigenvalue weighted by atomic mass is 127. The highest BCUT2D eigenvalue weighted by Gasteiger charge is 2.81. The monoisotopic (exact) mass is 554 g/mol. The summed E-state index contributed by atoms with van der Waals surface area (Å²) in [5.41, 5.74) is -5.69. The fourth-order valence-electron chi connectivity index (χ4n) is 1.60. The van der Waals surface area contributed by atoms with Crippen LogP contribution in [-0.2, 0) is 0 Å². The average molecular weight is 554 g/mol. The number of aliphatic hydroxyl groups is 1. The Morgan fingerprint density at radius 1 is 0.556 bits per heavy atom. The Balaban J connectivity index is 5.76. The molecule has 0 amide bonds. The van der Waals surface area contributed by atoms with Gasteiger partial charge in [-0.2, -0.15) is 65.9 Å². The summed E-state index contributed by atoms with van der Waals surface area (Å²) in [6.45, 7) is 0. The lowest BCUT2D eigenvalue weighted by Crippen LogP contribution is -2.62. The van der Waals surface area contributed by atoms with Crippen LogP contribution in [-0.4, -0.2) is 50.9 Å². The smallest absolute Gasteiger partial charge is 0.374 e. The van der Waals surface area contributed by atoms with Crippen molar-refractivity contribution in [2.45, 2.75) is 58.7 Å². The van der Waals surface area contributed by atoms with Gasteiger partial charge in [-0.05, 0) is 0 Å². The first-order valence-electron chi connectivity index (χ1n) is 6.05. The average Bonchev–Trinajstić information content (AvgIpc) is 2.32. The molecule has 1 N–H and O–H groups in total. The van der Waals surface area contributed by atoms with E-state index in [1.807, 2.05) is 0 Å². The van der Waals surface area contributed by atoms with Crippen LogP contribution < -0.4 is 0 Å². The number of halogens is 16. The van der Waals surface area contributed by atoms with Crippen LogP contribution in [0.15, 0.2) is 0 Å². The predicted molar refractivity (Wildman–Crippen MR) is 65.0 cm³/mol. The minimum Gasteiger partial charge on any atom is -0.374 e. The van der Waals surface area contributed by atoms with Crippen molar-refractivity contribution < 1.29 is 71.0 Å². The summed E-state index contributed by atoms with van der Waals surface area (Å²) in [7, 11) is 0. The van der Waals surface area contributed by atoms with E-state index >= 15 is 0 Å². The van der Waals surface area contributed by atoms with Crippen molar-refractivity contribution in [3.63, 3.8) is 0 Å². The van der Waals surface area contributed by atoms with E-state index in [2.05, 4.69) is 0 Å². The van der Waals surface area contributed by atoms with Crippen molar-refractivity contribution in [1.82, 2.24) is 0 Å². The van der Waals surface area contributed by atoms with Gasteiger partial charge in [0.15, 0.2) is 0 Å². The Kier molecular flexibility index (Phi) is 7.06. The lowest BCUT2D eigenvalue weighted by atomic mass is 9.91. The summed E-state index contributed by atoms with van der Waals surface area (Å²) in [4.78, 5) is 0. The van der Waals surface area contributed by atoms with Crippen molar-refractivity contribution in [1.29, 1.82) is 0 Å². The van der Waals surface area contributed by atoms with Crippen LogP contribution in [0.3, 0.4) is 0 Å². The highest BCUT2D eigenvalue weighted by Crippen LogP contribution is 2.55. The third-order valence-corrected chi connectivity index (χ3v) is 4.02. The van der Waals surface area contributed by atoms with Crippen molar-refractivity contribution in [2.24, 2.45) is 0 Å². The van der Waals surface area contributed by atoms with E-state index in [9.17, 15) is 65.9 Å².